The normalized spacial score (nSPS) is 12.6. The van der Waals surface area contributed by atoms with E-state index in [-0.39, 0.29) is 0 Å². The molecule has 0 aliphatic rings. The Hall–Kier alpha value is -1.60. The molecule has 19 heavy (non-hydrogen) atoms. The highest BCUT2D eigenvalue weighted by Crippen LogP contribution is 2.24. The molecule has 100 valence electrons. The maximum atomic E-state index is 5.90. The van der Waals surface area contributed by atoms with Gasteiger partial charge < -0.3 is 4.74 Å². The molecule has 0 radical (unpaired) electrons. The topological polar surface area (TPSA) is 9.23 Å². The highest BCUT2D eigenvalue weighted by molar-refractivity contribution is 5.20. The van der Waals surface area contributed by atoms with Crippen LogP contribution in [-0.4, -0.2) is 6.61 Å². The van der Waals surface area contributed by atoms with Crippen molar-refractivity contribution in [3.05, 3.63) is 71.8 Å². The van der Waals surface area contributed by atoms with Gasteiger partial charge in [-0.3, -0.25) is 0 Å². The summed E-state index contributed by atoms with van der Waals surface area (Å²) in [7, 11) is 0. The molecular weight excluding hydrogens is 232 g/mol. The second-order valence-electron chi connectivity index (χ2n) is 5.26. The van der Waals surface area contributed by atoms with E-state index in [0.717, 1.165) is 6.61 Å². The van der Waals surface area contributed by atoms with Gasteiger partial charge in [-0.25, -0.2) is 0 Å². The van der Waals surface area contributed by atoms with Crippen LogP contribution in [0.5, 0.6) is 0 Å². The van der Waals surface area contributed by atoms with Crippen molar-refractivity contribution in [3.63, 3.8) is 0 Å². The molecule has 0 aromatic heterocycles. The zero-order chi connectivity index (χ0) is 13.5. The first-order valence-corrected chi connectivity index (χ1v) is 6.94. The third-order valence-electron chi connectivity index (χ3n) is 3.44. The molecular formula is C18H22O. The molecule has 0 aliphatic heterocycles. The SMILES string of the molecule is CC(C)[C@H](COCc1ccccc1)c1ccccc1. The lowest BCUT2D eigenvalue weighted by Gasteiger charge is -2.21. The highest BCUT2D eigenvalue weighted by Gasteiger charge is 2.15. The van der Waals surface area contributed by atoms with Gasteiger partial charge in [0.25, 0.3) is 0 Å². The number of hydrogen-bond acceptors (Lipinski definition) is 1. The van der Waals surface area contributed by atoms with E-state index >= 15 is 0 Å². The van der Waals surface area contributed by atoms with Gasteiger partial charge >= 0.3 is 0 Å². The van der Waals surface area contributed by atoms with Crippen LogP contribution in [0.4, 0.5) is 0 Å². The molecule has 0 aliphatic carbocycles. The number of hydrogen-bond donors (Lipinski definition) is 0. The molecule has 1 atom stereocenters. The van der Waals surface area contributed by atoms with Gasteiger partial charge in [0.15, 0.2) is 0 Å². The van der Waals surface area contributed by atoms with Crippen molar-refractivity contribution in [2.75, 3.05) is 6.61 Å². The molecule has 0 N–H and O–H groups in total. The molecule has 0 amide bonds. The standard InChI is InChI=1S/C18H22O/c1-15(2)18(17-11-7-4-8-12-17)14-19-13-16-9-5-3-6-10-16/h3-12,15,18H,13-14H2,1-2H3/t18-/m0/s1. The molecule has 0 fully saturated rings. The molecule has 1 nitrogen and oxygen atoms in total. The Morgan fingerprint density at radius 1 is 0.842 bits per heavy atom. The lowest BCUT2D eigenvalue weighted by Crippen LogP contribution is -2.14. The van der Waals surface area contributed by atoms with E-state index in [4.69, 9.17) is 4.74 Å². The summed E-state index contributed by atoms with van der Waals surface area (Å²) in [6, 6.07) is 21.0. The average molecular weight is 254 g/mol. The summed E-state index contributed by atoms with van der Waals surface area (Å²) >= 11 is 0. The van der Waals surface area contributed by atoms with Crippen molar-refractivity contribution in [1.29, 1.82) is 0 Å². The van der Waals surface area contributed by atoms with E-state index < -0.39 is 0 Å². The third kappa shape index (κ3) is 4.22. The van der Waals surface area contributed by atoms with Crippen LogP contribution in [0.25, 0.3) is 0 Å². The molecule has 0 bridgehead atoms. The van der Waals surface area contributed by atoms with Gasteiger partial charge in [0.1, 0.15) is 0 Å². The predicted octanol–water partition coefficient (Wildman–Crippen LogP) is 4.64. The molecule has 0 saturated heterocycles. The van der Waals surface area contributed by atoms with Gasteiger partial charge in [0.05, 0.1) is 13.2 Å². The Morgan fingerprint density at radius 2 is 1.42 bits per heavy atom. The predicted molar refractivity (Wildman–Crippen MR) is 80.1 cm³/mol. The summed E-state index contributed by atoms with van der Waals surface area (Å²) in [6.45, 7) is 5.97. The summed E-state index contributed by atoms with van der Waals surface area (Å²) < 4.78 is 5.90. The second kappa shape index (κ2) is 7.10. The first-order chi connectivity index (χ1) is 9.27. The van der Waals surface area contributed by atoms with E-state index in [1.165, 1.54) is 11.1 Å². The molecule has 2 rings (SSSR count). The van der Waals surface area contributed by atoms with Gasteiger partial charge in [-0.2, -0.15) is 0 Å². The van der Waals surface area contributed by atoms with Crippen molar-refractivity contribution >= 4 is 0 Å². The zero-order valence-electron chi connectivity index (χ0n) is 11.8. The maximum absolute atomic E-state index is 5.90. The first kappa shape index (κ1) is 13.8. The van der Waals surface area contributed by atoms with Crippen LogP contribution in [0.2, 0.25) is 0 Å². The molecule has 1 heteroatoms. The number of benzene rings is 2. The fourth-order valence-electron chi connectivity index (χ4n) is 2.25. The van der Waals surface area contributed by atoms with Crippen molar-refractivity contribution < 1.29 is 4.74 Å². The summed E-state index contributed by atoms with van der Waals surface area (Å²) in [5.74, 6) is 1.04. The first-order valence-electron chi connectivity index (χ1n) is 6.94. The Balaban J connectivity index is 1.92. The van der Waals surface area contributed by atoms with Gasteiger partial charge in [0.2, 0.25) is 0 Å². The van der Waals surface area contributed by atoms with Gasteiger partial charge in [-0.05, 0) is 17.0 Å². The summed E-state index contributed by atoms with van der Waals surface area (Å²) in [6.07, 6.45) is 0. The van der Waals surface area contributed by atoms with Crippen LogP contribution >= 0.6 is 0 Å². The van der Waals surface area contributed by atoms with Crippen molar-refractivity contribution in [2.45, 2.75) is 26.4 Å². The zero-order valence-corrected chi connectivity index (χ0v) is 11.8. The van der Waals surface area contributed by atoms with Crippen LogP contribution in [0.3, 0.4) is 0 Å². The van der Waals surface area contributed by atoms with E-state index in [9.17, 15) is 0 Å². The summed E-state index contributed by atoms with van der Waals surface area (Å²) in [5.41, 5.74) is 2.60. The van der Waals surface area contributed by atoms with Crippen molar-refractivity contribution in [3.8, 4) is 0 Å². The van der Waals surface area contributed by atoms with E-state index in [0.29, 0.717) is 18.4 Å². The minimum Gasteiger partial charge on any atom is -0.376 e. The number of rotatable bonds is 6. The van der Waals surface area contributed by atoms with E-state index in [2.05, 4.69) is 68.4 Å². The van der Waals surface area contributed by atoms with Crippen molar-refractivity contribution in [2.24, 2.45) is 5.92 Å². The quantitative estimate of drug-likeness (QED) is 0.729. The lowest BCUT2D eigenvalue weighted by atomic mass is 9.89. The van der Waals surface area contributed by atoms with Crippen LogP contribution in [0.15, 0.2) is 60.7 Å². The van der Waals surface area contributed by atoms with E-state index in [1.807, 2.05) is 6.07 Å². The Labute approximate surface area is 116 Å². The smallest absolute Gasteiger partial charge is 0.0717 e. The fourth-order valence-corrected chi connectivity index (χ4v) is 2.25. The second-order valence-corrected chi connectivity index (χ2v) is 5.26. The summed E-state index contributed by atoms with van der Waals surface area (Å²) in [4.78, 5) is 0. The van der Waals surface area contributed by atoms with Crippen molar-refractivity contribution in [1.82, 2.24) is 0 Å². The molecule has 2 aromatic rings. The van der Waals surface area contributed by atoms with Crippen LogP contribution < -0.4 is 0 Å². The fraction of sp³-hybridized carbons (Fsp3) is 0.333. The Bertz CT molecular complexity index is 462. The monoisotopic (exact) mass is 254 g/mol. The number of ether oxygens (including phenoxy) is 1. The Kier molecular flexibility index (Phi) is 5.17. The molecule has 0 saturated carbocycles. The van der Waals surface area contributed by atoms with Crippen LogP contribution in [0.1, 0.15) is 30.9 Å². The van der Waals surface area contributed by atoms with Crippen LogP contribution in [-0.2, 0) is 11.3 Å². The highest BCUT2D eigenvalue weighted by atomic mass is 16.5. The molecule has 0 unspecified atom stereocenters. The minimum atomic E-state index is 0.463. The van der Waals surface area contributed by atoms with Gasteiger partial charge in [0, 0.05) is 5.92 Å². The minimum absolute atomic E-state index is 0.463. The molecule has 2 aromatic carbocycles. The van der Waals surface area contributed by atoms with Gasteiger partial charge in [-0.15, -0.1) is 0 Å². The van der Waals surface area contributed by atoms with Gasteiger partial charge in [-0.1, -0.05) is 74.5 Å². The largest absolute Gasteiger partial charge is 0.376 e. The average Bonchev–Trinajstić information content (AvgIpc) is 2.45. The van der Waals surface area contributed by atoms with E-state index in [1.54, 1.807) is 0 Å². The lowest BCUT2D eigenvalue weighted by molar-refractivity contribution is 0.0958. The molecule has 0 spiro atoms. The maximum Gasteiger partial charge on any atom is 0.0717 e. The summed E-state index contributed by atoms with van der Waals surface area (Å²) in [5, 5.41) is 0. The Morgan fingerprint density at radius 3 is 2.00 bits per heavy atom. The molecule has 0 heterocycles. The van der Waals surface area contributed by atoms with Crippen LogP contribution in [0, 0.1) is 5.92 Å². The third-order valence-corrected chi connectivity index (χ3v) is 3.44.